The first-order chi connectivity index (χ1) is 15.4. The van der Waals surface area contributed by atoms with Crippen LogP contribution in [-0.2, 0) is 10.9 Å². The van der Waals surface area contributed by atoms with Crippen LogP contribution in [0.2, 0.25) is 0 Å². The van der Waals surface area contributed by atoms with Crippen LogP contribution in [0, 0.1) is 22.7 Å². The number of hydrogen-bond donors (Lipinski definition) is 1. The number of ether oxygens (including phenoxy) is 2. The number of rotatable bonds is 5. The molecule has 0 radical (unpaired) electrons. The zero-order valence-corrected chi connectivity index (χ0v) is 16.6. The fourth-order valence-corrected chi connectivity index (χ4v) is 3.25. The second kappa shape index (κ2) is 9.17. The van der Waals surface area contributed by atoms with Gasteiger partial charge >= 0.3 is 12.4 Å². The first kappa shape index (κ1) is 24.2. The van der Waals surface area contributed by atoms with Crippen LogP contribution in [0.15, 0.2) is 42.5 Å². The standard InChI is InChI=1S/C21H15F6N3O3/c22-20(23,24)17-7-14(4-3-13(17)9-29)30-10-16(33-19(30)18(31)21(25,26)27)11-32-15-5-1-12(8-28)2-6-15/h1-7,16,18-19,31H,10-11H2/t16-,18-,19-/m1/s1. The Labute approximate surface area is 183 Å². The maximum Gasteiger partial charge on any atom is 0.418 e. The molecule has 0 unspecified atom stereocenters. The van der Waals surface area contributed by atoms with Crippen LogP contribution in [0.4, 0.5) is 32.0 Å². The summed E-state index contributed by atoms with van der Waals surface area (Å²) in [5, 5.41) is 27.5. The van der Waals surface area contributed by atoms with E-state index in [1.165, 1.54) is 30.3 Å². The van der Waals surface area contributed by atoms with E-state index in [2.05, 4.69) is 0 Å². The Hall–Kier alpha value is -3.48. The maximum atomic E-state index is 13.3. The Morgan fingerprint density at radius 2 is 1.73 bits per heavy atom. The molecule has 1 aliphatic rings. The monoisotopic (exact) mass is 471 g/mol. The molecule has 33 heavy (non-hydrogen) atoms. The molecule has 1 heterocycles. The lowest BCUT2D eigenvalue weighted by molar-refractivity contribution is -0.234. The normalized spacial score (nSPS) is 19.6. The summed E-state index contributed by atoms with van der Waals surface area (Å²) in [5.74, 6) is 0.293. The van der Waals surface area contributed by atoms with E-state index in [9.17, 15) is 31.4 Å². The molecule has 1 aliphatic heterocycles. The third-order valence-electron chi connectivity index (χ3n) is 4.82. The van der Waals surface area contributed by atoms with E-state index in [4.69, 9.17) is 20.0 Å². The highest BCUT2D eigenvalue weighted by atomic mass is 19.4. The molecule has 2 aromatic carbocycles. The highest BCUT2D eigenvalue weighted by molar-refractivity contribution is 5.56. The predicted molar refractivity (Wildman–Crippen MR) is 101 cm³/mol. The number of halogens is 6. The van der Waals surface area contributed by atoms with E-state index in [1.807, 2.05) is 6.07 Å². The second-order valence-electron chi connectivity index (χ2n) is 7.07. The van der Waals surface area contributed by atoms with E-state index in [1.54, 1.807) is 0 Å². The smallest absolute Gasteiger partial charge is 0.418 e. The third kappa shape index (κ3) is 5.48. The number of nitrogens with zero attached hydrogens (tertiary/aromatic N) is 3. The van der Waals surface area contributed by atoms with Gasteiger partial charge in [0.2, 0.25) is 0 Å². The minimum Gasteiger partial charge on any atom is -0.491 e. The van der Waals surface area contributed by atoms with Crippen LogP contribution in [0.25, 0.3) is 0 Å². The van der Waals surface area contributed by atoms with Crippen LogP contribution in [0.1, 0.15) is 16.7 Å². The van der Waals surface area contributed by atoms with Gasteiger partial charge in [0.1, 0.15) is 18.5 Å². The van der Waals surface area contributed by atoms with Crippen LogP contribution >= 0.6 is 0 Å². The van der Waals surface area contributed by atoms with Crippen LogP contribution in [0.3, 0.4) is 0 Å². The highest BCUT2D eigenvalue weighted by Gasteiger charge is 2.51. The summed E-state index contributed by atoms with van der Waals surface area (Å²) in [5.41, 5.74) is -1.96. The molecule has 0 amide bonds. The van der Waals surface area contributed by atoms with E-state index in [0.717, 1.165) is 17.0 Å². The van der Waals surface area contributed by atoms with E-state index < -0.39 is 41.9 Å². The lowest BCUT2D eigenvalue weighted by Gasteiger charge is -2.30. The first-order valence-corrected chi connectivity index (χ1v) is 9.35. The van der Waals surface area contributed by atoms with Gasteiger partial charge in [0.05, 0.1) is 35.4 Å². The Morgan fingerprint density at radius 3 is 2.27 bits per heavy atom. The molecule has 0 saturated carbocycles. The Balaban J connectivity index is 1.86. The molecular weight excluding hydrogens is 456 g/mol. The molecule has 3 atom stereocenters. The van der Waals surface area contributed by atoms with Gasteiger partial charge in [-0.05, 0) is 42.5 Å². The number of nitriles is 2. The number of benzene rings is 2. The Bertz CT molecular complexity index is 1070. The quantitative estimate of drug-likeness (QED) is 0.664. The zero-order chi connectivity index (χ0) is 24.4. The Kier molecular flexibility index (Phi) is 6.72. The zero-order valence-electron chi connectivity index (χ0n) is 16.6. The SMILES string of the molecule is N#Cc1ccc(OC[C@H]2CN(c3ccc(C#N)c(C(F)(F)F)c3)[C@@H]([C@@H](O)C(F)(F)F)O2)cc1. The van der Waals surface area contributed by atoms with Crippen molar-refractivity contribution in [1.29, 1.82) is 10.5 Å². The topological polar surface area (TPSA) is 89.5 Å². The summed E-state index contributed by atoms with van der Waals surface area (Å²) in [6.45, 7) is -0.594. The van der Waals surface area contributed by atoms with E-state index in [-0.39, 0.29) is 18.8 Å². The number of alkyl halides is 6. The number of anilines is 1. The molecule has 1 saturated heterocycles. The second-order valence-corrected chi connectivity index (χ2v) is 7.07. The van der Waals surface area contributed by atoms with E-state index in [0.29, 0.717) is 17.4 Å². The van der Waals surface area contributed by atoms with Crippen molar-refractivity contribution in [2.45, 2.75) is 30.8 Å². The van der Waals surface area contributed by atoms with Gasteiger partial charge in [-0.2, -0.15) is 36.9 Å². The summed E-state index contributed by atoms with van der Waals surface area (Å²) in [4.78, 5) is 0.849. The van der Waals surface area contributed by atoms with Crippen molar-refractivity contribution >= 4 is 5.69 Å². The van der Waals surface area contributed by atoms with Gasteiger partial charge in [-0.1, -0.05) is 0 Å². The van der Waals surface area contributed by atoms with Crippen molar-refractivity contribution in [2.75, 3.05) is 18.1 Å². The fourth-order valence-electron chi connectivity index (χ4n) is 3.25. The summed E-state index contributed by atoms with van der Waals surface area (Å²) in [6.07, 6.45) is -16.1. The molecule has 0 aromatic heterocycles. The van der Waals surface area contributed by atoms with Crippen molar-refractivity contribution in [3.05, 3.63) is 59.2 Å². The number of hydrogen-bond acceptors (Lipinski definition) is 6. The molecule has 0 aliphatic carbocycles. The molecule has 0 bridgehead atoms. The molecule has 6 nitrogen and oxygen atoms in total. The third-order valence-corrected chi connectivity index (χ3v) is 4.82. The molecule has 3 rings (SSSR count). The van der Waals surface area contributed by atoms with Gasteiger partial charge in [0.25, 0.3) is 0 Å². The summed E-state index contributed by atoms with van der Waals surface area (Å²) < 4.78 is 90.3. The summed E-state index contributed by atoms with van der Waals surface area (Å²) >= 11 is 0. The number of aliphatic hydroxyl groups is 1. The van der Waals surface area contributed by atoms with Gasteiger partial charge in [-0.3, -0.25) is 0 Å². The molecule has 1 fully saturated rings. The predicted octanol–water partition coefficient (Wildman–Crippen LogP) is 3.98. The van der Waals surface area contributed by atoms with Gasteiger partial charge < -0.3 is 19.5 Å². The van der Waals surface area contributed by atoms with Crippen molar-refractivity contribution in [3.8, 4) is 17.9 Å². The Morgan fingerprint density at radius 1 is 1.06 bits per heavy atom. The van der Waals surface area contributed by atoms with Crippen molar-refractivity contribution in [1.82, 2.24) is 0 Å². The van der Waals surface area contributed by atoms with E-state index >= 15 is 0 Å². The molecular formula is C21H15F6N3O3. The van der Waals surface area contributed by atoms with Crippen molar-refractivity contribution in [2.24, 2.45) is 0 Å². The van der Waals surface area contributed by atoms with Crippen LogP contribution in [-0.4, -0.2) is 42.9 Å². The van der Waals surface area contributed by atoms with Gasteiger partial charge in [0.15, 0.2) is 12.3 Å². The summed E-state index contributed by atoms with van der Waals surface area (Å²) in [6, 6.07) is 11.6. The van der Waals surface area contributed by atoms with Crippen LogP contribution in [0.5, 0.6) is 5.75 Å². The minimum atomic E-state index is -5.11. The highest BCUT2D eigenvalue weighted by Crippen LogP contribution is 2.38. The molecule has 2 aromatic rings. The molecule has 12 heteroatoms. The molecule has 174 valence electrons. The molecule has 0 spiro atoms. The fraction of sp³-hybridized carbons (Fsp3) is 0.333. The van der Waals surface area contributed by atoms with Gasteiger partial charge in [-0.15, -0.1) is 0 Å². The van der Waals surface area contributed by atoms with Crippen LogP contribution < -0.4 is 9.64 Å². The lowest BCUT2D eigenvalue weighted by Crippen LogP contribution is -2.48. The average molecular weight is 471 g/mol. The largest absolute Gasteiger partial charge is 0.491 e. The molecule has 1 N–H and O–H groups in total. The van der Waals surface area contributed by atoms with Crippen molar-refractivity contribution < 1.29 is 40.9 Å². The van der Waals surface area contributed by atoms with Crippen molar-refractivity contribution in [3.63, 3.8) is 0 Å². The van der Waals surface area contributed by atoms with Gasteiger partial charge in [-0.25, -0.2) is 0 Å². The minimum absolute atomic E-state index is 0.272. The number of aliphatic hydroxyl groups excluding tert-OH is 1. The average Bonchev–Trinajstić information content (AvgIpc) is 3.19. The maximum absolute atomic E-state index is 13.3. The first-order valence-electron chi connectivity index (χ1n) is 9.35. The summed E-state index contributed by atoms with van der Waals surface area (Å²) in [7, 11) is 0. The van der Waals surface area contributed by atoms with Gasteiger partial charge in [0, 0.05) is 5.69 Å². The lowest BCUT2D eigenvalue weighted by atomic mass is 10.1.